The first-order valence-electron chi connectivity index (χ1n) is 7.40. The van der Waals surface area contributed by atoms with Gasteiger partial charge in [0.2, 0.25) is 5.91 Å². The summed E-state index contributed by atoms with van der Waals surface area (Å²) < 4.78 is 0. The molecule has 0 N–H and O–H groups in total. The fourth-order valence-electron chi connectivity index (χ4n) is 3.12. The van der Waals surface area contributed by atoms with Crippen molar-refractivity contribution in [3.63, 3.8) is 0 Å². The van der Waals surface area contributed by atoms with E-state index in [4.69, 9.17) is 0 Å². The molecule has 2 heterocycles. The Morgan fingerprint density at radius 2 is 1.74 bits per heavy atom. The minimum Gasteiger partial charge on any atom is -0.337 e. The van der Waals surface area contributed by atoms with Gasteiger partial charge in [0, 0.05) is 13.1 Å². The van der Waals surface area contributed by atoms with Gasteiger partial charge in [0.05, 0.1) is 6.54 Å². The van der Waals surface area contributed by atoms with Gasteiger partial charge in [-0.1, -0.05) is 30.7 Å². The predicted molar refractivity (Wildman–Crippen MR) is 75.9 cm³/mol. The molecule has 3 rings (SSSR count). The molecule has 0 spiro atoms. The fraction of sp³-hybridized carbons (Fsp3) is 0.562. The normalized spacial score (nSPS) is 20.1. The van der Waals surface area contributed by atoms with E-state index in [2.05, 4.69) is 29.2 Å². The molecule has 2 aliphatic rings. The maximum atomic E-state index is 12.4. The minimum absolute atomic E-state index is 0.302. The summed E-state index contributed by atoms with van der Waals surface area (Å²) in [6, 6.07) is 8.49. The van der Waals surface area contributed by atoms with Crippen molar-refractivity contribution in [1.82, 2.24) is 9.80 Å². The summed E-state index contributed by atoms with van der Waals surface area (Å²) in [6.45, 7) is 4.47. The first kappa shape index (κ1) is 12.7. The van der Waals surface area contributed by atoms with Crippen molar-refractivity contribution in [1.29, 1.82) is 0 Å². The van der Waals surface area contributed by atoms with Crippen LogP contribution in [0.15, 0.2) is 24.3 Å². The van der Waals surface area contributed by atoms with Crippen LogP contribution in [0.2, 0.25) is 0 Å². The molecule has 102 valence electrons. The molecule has 0 saturated carbocycles. The molecule has 0 aromatic heterocycles. The molecule has 3 nitrogen and oxygen atoms in total. The maximum Gasteiger partial charge on any atom is 0.237 e. The number of likely N-dealkylation sites (tertiary alicyclic amines) is 1. The lowest BCUT2D eigenvalue weighted by atomic mass is 10.00. The van der Waals surface area contributed by atoms with Crippen molar-refractivity contribution < 1.29 is 4.79 Å². The Hall–Kier alpha value is -1.35. The van der Waals surface area contributed by atoms with E-state index >= 15 is 0 Å². The van der Waals surface area contributed by atoms with Crippen molar-refractivity contribution in [3.8, 4) is 0 Å². The summed E-state index contributed by atoms with van der Waals surface area (Å²) in [6.07, 6.45) is 4.82. The van der Waals surface area contributed by atoms with Gasteiger partial charge < -0.3 is 4.90 Å². The second kappa shape index (κ2) is 5.74. The molecule has 0 bridgehead atoms. The molecule has 1 fully saturated rings. The van der Waals surface area contributed by atoms with Gasteiger partial charge in [-0.15, -0.1) is 0 Å². The molecule has 3 heteroatoms. The Labute approximate surface area is 115 Å². The standard InChI is InChI=1S/C16H22N2O/c19-16(13-17-9-4-1-5-10-17)18-11-8-14-6-2-3-7-15(14)12-18/h2-3,6-7H,1,4-5,8-13H2. The topological polar surface area (TPSA) is 23.6 Å². The van der Waals surface area contributed by atoms with Gasteiger partial charge in [-0.25, -0.2) is 0 Å². The van der Waals surface area contributed by atoms with Crippen molar-refractivity contribution >= 4 is 5.91 Å². The molecule has 1 saturated heterocycles. The molecular weight excluding hydrogens is 236 g/mol. The highest BCUT2D eigenvalue weighted by Gasteiger charge is 2.22. The number of hydrogen-bond acceptors (Lipinski definition) is 2. The zero-order valence-corrected chi connectivity index (χ0v) is 11.5. The lowest BCUT2D eigenvalue weighted by Gasteiger charge is -2.32. The van der Waals surface area contributed by atoms with Gasteiger partial charge in [-0.05, 0) is 43.5 Å². The van der Waals surface area contributed by atoms with Crippen molar-refractivity contribution in [3.05, 3.63) is 35.4 Å². The maximum absolute atomic E-state index is 12.4. The first-order chi connectivity index (χ1) is 9.33. The van der Waals surface area contributed by atoms with Crippen molar-refractivity contribution in [2.24, 2.45) is 0 Å². The number of amides is 1. The second-order valence-electron chi connectivity index (χ2n) is 5.67. The third-order valence-electron chi connectivity index (χ3n) is 4.29. The van der Waals surface area contributed by atoms with Gasteiger partial charge in [-0.3, -0.25) is 9.69 Å². The van der Waals surface area contributed by atoms with Crippen LogP contribution in [0.25, 0.3) is 0 Å². The van der Waals surface area contributed by atoms with E-state index in [1.807, 2.05) is 4.90 Å². The molecule has 0 unspecified atom stereocenters. The van der Waals surface area contributed by atoms with Crippen LogP contribution in [0.3, 0.4) is 0 Å². The van der Waals surface area contributed by atoms with Gasteiger partial charge in [0.15, 0.2) is 0 Å². The Balaban J connectivity index is 1.59. The smallest absolute Gasteiger partial charge is 0.237 e. The van der Waals surface area contributed by atoms with E-state index in [0.29, 0.717) is 12.5 Å². The summed E-state index contributed by atoms with van der Waals surface area (Å²) in [5, 5.41) is 0. The second-order valence-corrected chi connectivity index (χ2v) is 5.67. The highest BCUT2D eigenvalue weighted by atomic mass is 16.2. The first-order valence-corrected chi connectivity index (χ1v) is 7.40. The molecular formula is C16H22N2O. The van der Waals surface area contributed by atoms with Crippen LogP contribution in [0.1, 0.15) is 30.4 Å². The van der Waals surface area contributed by atoms with Gasteiger partial charge in [0.25, 0.3) is 0 Å². The number of rotatable bonds is 2. The fourth-order valence-corrected chi connectivity index (χ4v) is 3.12. The third-order valence-corrected chi connectivity index (χ3v) is 4.29. The number of carbonyl (C=O) groups excluding carboxylic acids is 1. The molecule has 1 aromatic carbocycles. The molecule has 0 radical (unpaired) electrons. The van der Waals surface area contributed by atoms with Crippen molar-refractivity contribution in [2.45, 2.75) is 32.2 Å². The predicted octanol–water partition coefficient (Wildman–Crippen LogP) is 2.06. The average Bonchev–Trinajstić information content (AvgIpc) is 2.48. The van der Waals surface area contributed by atoms with Crippen LogP contribution < -0.4 is 0 Å². The SMILES string of the molecule is O=C(CN1CCCCC1)N1CCc2ccccc2C1. The summed E-state index contributed by atoms with van der Waals surface area (Å²) in [7, 11) is 0. The molecule has 1 amide bonds. The minimum atomic E-state index is 0.302. The van der Waals surface area contributed by atoms with Crippen LogP contribution in [0, 0.1) is 0 Å². The van der Waals surface area contributed by atoms with E-state index < -0.39 is 0 Å². The van der Waals surface area contributed by atoms with Gasteiger partial charge in [-0.2, -0.15) is 0 Å². The van der Waals surface area contributed by atoms with Gasteiger partial charge in [0.1, 0.15) is 0 Å². The lowest BCUT2D eigenvalue weighted by molar-refractivity contribution is -0.133. The van der Waals surface area contributed by atoms with Gasteiger partial charge >= 0.3 is 0 Å². The number of nitrogens with zero attached hydrogens (tertiary/aromatic N) is 2. The Kier molecular flexibility index (Phi) is 3.83. The number of piperidine rings is 1. The molecule has 0 aliphatic carbocycles. The Morgan fingerprint density at radius 1 is 1.00 bits per heavy atom. The van der Waals surface area contributed by atoms with E-state index in [1.165, 1.54) is 30.4 Å². The van der Waals surface area contributed by atoms with Crippen molar-refractivity contribution in [2.75, 3.05) is 26.2 Å². The van der Waals surface area contributed by atoms with Crippen LogP contribution in [-0.2, 0) is 17.8 Å². The van der Waals surface area contributed by atoms with Crippen LogP contribution >= 0.6 is 0 Å². The largest absolute Gasteiger partial charge is 0.337 e. The Bertz CT molecular complexity index is 452. The Morgan fingerprint density at radius 3 is 2.53 bits per heavy atom. The summed E-state index contributed by atoms with van der Waals surface area (Å²) in [4.78, 5) is 16.7. The quantitative estimate of drug-likeness (QED) is 0.810. The molecule has 1 aromatic rings. The molecule has 2 aliphatic heterocycles. The van der Waals surface area contributed by atoms with Crippen LogP contribution in [0.5, 0.6) is 0 Å². The van der Waals surface area contributed by atoms with E-state index in [0.717, 1.165) is 32.6 Å². The highest BCUT2D eigenvalue weighted by Crippen LogP contribution is 2.19. The van der Waals surface area contributed by atoms with Crippen LogP contribution in [-0.4, -0.2) is 41.9 Å². The molecule has 19 heavy (non-hydrogen) atoms. The lowest BCUT2D eigenvalue weighted by Crippen LogP contribution is -2.44. The third kappa shape index (κ3) is 2.98. The average molecular weight is 258 g/mol. The van der Waals surface area contributed by atoms with E-state index in [9.17, 15) is 4.79 Å². The highest BCUT2D eigenvalue weighted by molar-refractivity contribution is 5.78. The number of benzene rings is 1. The zero-order chi connectivity index (χ0) is 13.1. The van der Waals surface area contributed by atoms with Crippen LogP contribution in [0.4, 0.5) is 0 Å². The monoisotopic (exact) mass is 258 g/mol. The number of carbonyl (C=O) groups is 1. The number of hydrogen-bond donors (Lipinski definition) is 0. The summed E-state index contributed by atoms with van der Waals surface area (Å²) in [5.74, 6) is 0.302. The summed E-state index contributed by atoms with van der Waals surface area (Å²) in [5.41, 5.74) is 2.73. The summed E-state index contributed by atoms with van der Waals surface area (Å²) >= 11 is 0. The van der Waals surface area contributed by atoms with E-state index in [-0.39, 0.29) is 0 Å². The van der Waals surface area contributed by atoms with E-state index in [1.54, 1.807) is 0 Å². The number of fused-ring (bicyclic) bond motifs is 1. The molecule has 0 atom stereocenters. The zero-order valence-electron chi connectivity index (χ0n) is 11.5.